The average Bonchev–Trinajstić information content (AvgIpc) is 0.811. The Labute approximate surface area is 104 Å². The number of rotatable bonds is 0. The van der Waals surface area contributed by atoms with Gasteiger partial charge >= 0.3 is 87.0 Å². The van der Waals surface area contributed by atoms with Crippen LogP contribution in [0.5, 0.6) is 0 Å². The first-order valence-corrected chi connectivity index (χ1v) is 0.781. The summed E-state index contributed by atoms with van der Waals surface area (Å²) in [6, 6.07) is -0.833. The smallest absolute Gasteiger partial charge is 1.00 e. The van der Waals surface area contributed by atoms with Gasteiger partial charge in [-0.25, -0.2) is 4.79 Å². The van der Waals surface area contributed by atoms with Gasteiger partial charge in [-0.3, -0.25) is 0 Å². The zero-order valence-corrected chi connectivity index (χ0v) is 9.19. The molecule has 0 unspecified atom stereocenters. The van der Waals surface area contributed by atoms with E-state index in [-0.39, 0.29) is 83.8 Å². The third-order valence-corrected chi connectivity index (χ3v) is 0. The van der Waals surface area contributed by atoms with Gasteiger partial charge in [0.1, 0.15) is 0 Å². The molecule has 0 saturated carbocycles. The maximum Gasteiger partial charge on any atom is 1.00 e. The van der Waals surface area contributed by atoms with Crippen molar-refractivity contribution < 1.29 is 88.6 Å². The van der Waals surface area contributed by atoms with Crippen LogP contribution in [0.2, 0.25) is 0 Å². The Morgan fingerprint density at radius 1 is 1.50 bits per heavy atom. The normalized spacial score (nSPS) is 4.00. The van der Waals surface area contributed by atoms with E-state index in [0.29, 0.717) is 0 Å². The van der Waals surface area contributed by atoms with Crippen LogP contribution in [0.3, 0.4) is 0 Å². The monoisotopic (exact) mass is 124 g/mol. The number of nitrogens with two attached hydrogens (primary N) is 2. The molecule has 0 spiro atoms. The van der Waals surface area contributed by atoms with Gasteiger partial charge in [-0.2, -0.15) is 0 Å². The molecule has 0 aromatic rings. The van der Waals surface area contributed by atoms with Crippen molar-refractivity contribution in [2.75, 3.05) is 0 Å². The molecule has 2 amide bonds. The van der Waals surface area contributed by atoms with Gasteiger partial charge in [0.15, 0.2) is 0 Å². The second kappa shape index (κ2) is 10.0. The first kappa shape index (κ1) is 15.7. The van der Waals surface area contributed by atoms with Crippen LogP contribution in [0.4, 0.5) is 4.79 Å². The minimum absolute atomic E-state index is 0. The molecule has 28 valence electrons. The molecule has 0 aliphatic rings. The fourth-order valence-electron chi connectivity index (χ4n) is 0. The van der Waals surface area contributed by atoms with Crippen molar-refractivity contribution in [1.82, 2.24) is 0 Å². The van der Waals surface area contributed by atoms with Gasteiger partial charge in [-0.1, -0.05) is 0 Å². The zero-order chi connectivity index (χ0) is 3.58. The largest absolute Gasteiger partial charge is 1.00 e. The molecule has 6 heavy (non-hydrogen) atoms. The standard InChI is InChI=1S/CH4N2O.K.Na.2H/c2-1(3)4;;;;/h(H4,2,3,4);;;;/q;2*+1;2*-1. The molecule has 4 N–H and O–H groups in total. The Hall–Kier alpha value is 1.91. The fraction of sp³-hybridized carbons (Fsp3) is 0. The van der Waals surface area contributed by atoms with E-state index in [9.17, 15) is 0 Å². The molecule has 0 saturated heterocycles. The zero-order valence-electron chi connectivity index (χ0n) is 6.06. The Kier molecular flexibility index (Phi) is 26.1. The molecule has 0 aliphatic heterocycles. The summed E-state index contributed by atoms with van der Waals surface area (Å²) in [5.41, 5.74) is 8.50. The van der Waals surface area contributed by atoms with Crippen LogP contribution >= 0.6 is 0 Å². The van der Waals surface area contributed by atoms with Crippen molar-refractivity contribution in [3.05, 3.63) is 0 Å². The van der Waals surface area contributed by atoms with Crippen LogP contribution in [0.15, 0.2) is 0 Å². The van der Waals surface area contributed by atoms with Gasteiger partial charge in [0.05, 0.1) is 0 Å². The van der Waals surface area contributed by atoms with E-state index in [0.717, 1.165) is 0 Å². The van der Waals surface area contributed by atoms with Gasteiger partial charge < -0.3 is 14.3 Å². The summed E-state index contributed by atoms with van der Waals surface area (Å²) in [7, 11) is 0. The molecule has 0 atom stereocenters. The minimum atomic E-state index is -0.833. The summed E-state index contributed by atoms with van der Waals surface area (Å²) in [4.78, 5) is 9.00. The van der Waals surface area contributed by atoms with Crippen LogP contribution in [-0.2, 0) is 0 Å². The van der Waals surface area contributed by atoms with Gasteiger partial charge in [0.2, 0.25) is 0 Å². The molecule has 0 radical (unpaired) electrons. The number of carbonyl (C=O) groups is 1. The second-order valence-electron chi connectivity index (χ2n) is 0.402. The third kappa shape index (κ3) is 39.1. The van der Waals surface area contributed by atoms with E-state index in [1.165, 1.54) is 0 Å². The number of hydrogen-bond donors (Lipinski definition) is 2. The Bertz CT molecular complexity index is 43.0. The summed E-state index contributed by atoms with van der Waals surface area (Å²) in [5.74, 6) is 0. The SMILES string of the molecule is NC(N)=O.[H-].[H-].[K+].[Na+]. The van der Waals surface area contributed by atoms with Crippen LogP contribution in [-0.4, -0.2) is 6.03 Å². The van der Waals surface area contributed by atoms with Gasteiger partial charge in [-0.05, 0) is 0 Å². The predicted octanol–water partition coefficient (Wildman–Crippen LogP) is -6.74. The van der Waals surface area contributed by atoms with Crippen molar-refractivity contribution in [3.8, 4) is 0 Å². The van der Waals surface area contributed by atoms with E-state index in [4.69, 9.17) is 4.79 Å². The van der Waals surface area contributed by atoms with Crippen molar-refractivity contribution in [1.29, 1.82) is 0 Å². The summed E-state index contributed by atoms with van der Waals surface area (Å²) < 4.78 is 0. The molecule has 0 aromatic carbocycles. The molecule has 0 heterocycles. The van der Waals surface area contributed by atoms with Crippen LogP contribution in [0, 0.1) is 0 Å². The number of primary amides is 2. The van der Waals surface area contributed by atoms with Gasteiger partial charge in [-0.15, -0.1) is 0 Å². The van der Waals surface area contributed by atoms with Crippen LogP contribution in [0.25, 0.3) is 0 Å². The van der Waals surface area contributed by atoms with E-state index >= 15 is 0 Å². The first-order chi connectivity index (χ1) is 1.73. The third-order valence-electron chi connectivity index (χ3n) is 0. The molecular formula is CH6KN2NaO. The van der Waals surface area contributed by atoms with Crippen LogP contribution in [0.1, 0.15) is 2.85 Å². The van der Waals surface area contributed by atoms with Gasteiger partial charge in [0, 0.05) is 0 Å². The maximum atomic E-state index is 9.00. The quantitative estimate of drug-likeness (QED) is 0.310. The number of urea groups is 1. The summed E-state index contributed by atoms with van der Waals surface area (Å²) in [5, 5.41) is 0. The van der Waals surface area contributed by atoms with Gasteiger partial charge in [0.25, 0.3) is 0 Å². The summed E-state index contributed by atoms with van der Waals surface area (Å²) in [6.07, 6.45) is 0. The molecule has 0 fully saturated rings. The number of hydrogen-bond acceptors (Lipinski definition) is 1. The Morgan fingerprint density at radius 3 is 1.50 bits per heavy atom. The van der Waals surface area contributed by atoms with Crippen molar-refractivity contribution in [3.63, 3.8) is 0 Å². The maximum absolute atomic E-state index is 9.00. The van der Waals surface area contributed by atoms with Crippen molar-refractivity contribution >= 4 is 6.03 Å². The van der Waals surface area contributed by atoms with E-state index in [1.54, 1.807) is 0 Å². The summed E-state index contributed by atoms with van der Waals surface area (Å²) >= 11 is 0. The van der Waals surface area contributed by atoms with Crippen LogP contribution < -0.4 is 92.4 Å². The fourth-order valence-corrected chi connectivity index (χ4v) is 0. The second-order valence-corrected chi connectivity index (χ2v) is 0.402. The van der Waals surface area contributed by atoms with E-state index in [2.05, 4.69) is 11.5 Å². The van der Waals surface area contributed by atoms with E-state index < -0.39 is 6.03 Å². The van der Waals surface area contributed by atoms with Crippen molar-refractivity contribution in [2.45, 2.75) is 0 Å². The Morgan fingerprint density at radius 2 is 1.50 bits per heavy atom. The molecule has 0 aliphatic carbocycles. The summed E-state index contributed by atoms with van der Waals surface area (Å²) in [6.45, 7) is 0. The molecule has 3 nitrogen and oxygen atoms in total. The predicted molar refractivity (Wildman–Crippen MR) is 16.0 cm³/mol. The number of carbonyl (C=O) groups excluding carboxylic acids is 1. The molecule has 0 aromatic heterocycles. The minimum Gasteiger partial charge on any atom is -1.00 e. The molecular weight excluding hydrogens is 118 g/mol. The topological polar surface area (TPSA) is 69.1 Å². The average molecular weight is 124 g/mol. The number of amides is 2. The van der Waals surface area contributed by atoms with Crippen molar-refractivity contribution in [2.24, 2.45) is 11.5 Å². The van der Waals surface area contributed by atoms with E-state index in [1.807, 2.05) is 0 Å². The first-order valence-electron chi connectivity index (χ1n) is 0.781. The molecule has 0 bridgehead atoms. The molecule has 0 rings (SSSR count). The Balaban J connectivity index is -0.00000000750. The molecule has 5 heteroatoms.